The molecule has 1 N–H and O–H groups in total. The Bertz CT molecular complexity index is 368. The van der Waals surface area contributed by atoms with E-state index in [1.165, 1.54) is 51.0 Å². The molecule has 0 unspecified atom stereocenters. The van der Waals surface area contributed by atoms with Crippen LogP contribution in [-0.2, 0) is 4.79 Å². The van der Waals surface area contributed by atoms with Gasteiger partial charge in [0, 0.05) is 18.3 Å². The van der Waals surface area contributed by atoms with Crippen LogP contribution in [0.15, 0.2) is 0 Å². The average Bonchev–Trinajstić information content (AvgIpc) is 2.60. The SMILES string of the molecule is CC(C)(C)C(=O)NCN1CCC[N+]2=C1CCCCC2. The maximum absolute atomic E-state index is 12.0. The number of nitrogens with one attached hydrogen (secondary N) is 1. The summed E-state index contributed by atoms with van der Waals surface area (Å²) in [6.45, 7) is 10.0. The molecule has 4 heteroatoms. The number of carbonyl (C=O) groups excluding carboxylic acids is 1. The fourth-order valence-electron chi connectivity index (χ4n) is 2.83. The van der Waals surface area contributed by atoms with Gasteiger partial charge in [-0.25, -0.2) is 4.90 Å². The Morgan fingerprint density at radius 2 is 1.95 bits per heavy atom. The highest BCUT2D eigenvalue weighted by atomic mass is 16.2. The van der Waals surface area contributed by atoms with Crippen LogP contribution in [0.5, 0.6) is 0 Å². The third-order valence-electron chi connectivity index (χ3n) is 4.03. The molecule has 0 atom stereocenters. The monoisotopic (exact) mass is 266 g/mol. The van der Waals surface area contributed by atoms with Crippen LogP contribution in [0.25, 0.3) is 0 Å². The maximum atomic E-state index is 12.0. The summed E-state index contributed by atoms with van der Waals surface area (Å²) in [5, 5.41) is 3.09. The molecule has 108 valence electrons. The summed E-state index contributed by atoms with van der Waals surface area (Å²) in [4.78, 5) is 14.3. The lowest BCUT2D eigenvalue weighted by molar-refractivity contribution is -0.539. The van der Waals surface area contributed by atoms with Crippen molar-refractivity contribution in [3.63, 3.8) is 0 Å². The highest BCUT2D eigenvalue weighted by Gasteiger charge is 2.29. The molecule has 19 heavy (non-hydrogen) atoms. The number of nitrogens with zero attached hydrogens (tertiary/aromatic N) is 2. The molecule has 0 aromatic carbocycles. The number of carbonyl (C=O) groups is 1. The first-order chi connectivity index (χ1) is 8.98. The Kier molecular flexibility index (Phi) is 4.48. The molecule has 2 aliphatic heterocycles. The highest BCUT2D eigenvalue weighted by molar-refractivity contribution is 5.82. The Hall–Kier alpha value is -1.06. The molecule has 1 amide bonds. The summed E-state index contributed by atoms with van der Waals surface area (Å²) in [6.07, 6.45) is 6.31. The summed E-state index contributed by atoms with van der Waals surface area (Å²) in [6, 6.07) is 0. The predicted octanol–water partition coefficient (Wildman–Crippen LogP) is 1.80. The number of amides is 1. The number of rotatable bonds is 2. The lowest BCUT2D eigenvalue weighted by atomic mass is 9.96. The van der Waals surface area contributed by atoms with Crippen molar-refractivity contribution < 1.29 is 9.37 Å². The third-order valence-corrected chi connectivity index (χ3v) is 4.03. The smallest absolute Gasteiger partial charge is 0.248 e. The Labute approximate surface area is 116 Å². The number of hydrogen-bond donors (Lipinski definition) is 1. The van der Waals surface area contributed by atoms with Crippen molar-refractivity contribution in [2.24, 2.45) is 5.41 Å². The molecule has 2 rings (SSSR count). The quantitative estimate of drug-likeness (QED) is 0.774. The minimum absolute atomic E-state index is 0.138. The summed E-state index contributed by atoms with van der Waals surface area (Å²) in [7, 11) is 0. The molecule has 0 spiro atoms. The van der Waals surface area contributed by atoms with Gasteiger partial charge >= 0.3 is 0 Å². The minimum atomic E-state index is -0.302. The van der Waals surface area contributed by atoms with Gasteiger partial charge in [0.1, 0.15) is 0 Å². The topological polar surface area (TPSA) is 35.4 Å². The number of amidine groups is 1. The van der Waals surface area contributed by atoms with Gasteiger partial charge < -0.3 is 5.32 Å². The van der Waals surface area contributed by atoms with Gasteiger partial charge in [0.05, 0.1) is 19.6 Å². The zero-order valence-electron chi connectivity index (χ0n) is 12.7. The Morgan fingerprint density at radius 3 is 2.68 bits per heavy atom. The van der Waals surface area contributed by atoms with E-state index in [9.17, 15) is 4.79 Å². The predicted molar refractivity (Wildman–Crippen MR) is 77.3 cm³/mol. The van der Waals surface area contributed by atoms with E-state index in [4.69, 9.17) is 0 Å². The van der Waals surface area contributed by atoms with Gasteiger partial charge in [0.2, 0.25) is 11.7 Å². The molecular weight excluding hydrogens is 238 g/mol. The summed E-state index contributed by atoms with van der Waals surface area (Å²) in [5.74, 6) is 1.59. The van der Waals surface area contributed by atoms with Crippen molar-refractivity contribution >= 4 is 11.7 Å². The first kappa shape index (κ1) is 14.4. The zero-order valence-corrected chi connectivity index (χ0v) is 12.7. The molecular formula is C15H28N3O+. The lowest BCUT2D eigenvalue weighted by Gasteiger charge is -2.27. The second kappa shape index (κ2) is 5.93. The van der Waals surface area contributed by atoms with E-state index >= 15 is 0 Å². The van der Waals surface area contributed by atoms with Crippen LogP contribution in [0, 0.1) is 5.41 Å². The van der Waals surface area contributed by atoms with Gasteiger partial charge in [-0.1, -0.05) is 20.8 Å². The lowest BCUT2D eigenvalue weighted by Crippen LogP contribution is -2.50. The van der Waals surface area contributed by atoms with Crippen molar-refractivity contribution in [2.75, 3.05) is 26.3 Å². The van der Waals surface area contributed by atoms with Crippen LogP contribution in [0.2, 0.25) is 0 Å². The molecule has 2 heterocycles. The molecule has 0 bridgehead atoms. The van der Waals surface area contributed by atoms with Crippen LogP contribution in [-0.4, -0.2) is 47.5 Å². The fraction of sp³-hybridized carbons (Fsp3) is 0.867. The van der Waals surface area contributed by atoms with E-state index in [1.807, 2.05) is 20.8 Å². The first-order valence-corrected chi connectivity index (χ1v) is 7.62. The summed E-state index contributed by atoms with van der Waals surface area (Å²) < 4.78 is 2.53. The van der Waals surface area contributed by atoms with E-state index in [0.29, 0.717) is 6.67 Å². The van der Waals surface area contributed by atoms with Crippen LogP contribution in [0.1, 0.15) is 52.9 Å². The second-order valence-electron chi connectivity index (χ2n) is 6.74. The minimum Gasteiger partial charge on any atom is -0.320 e. The van der Waals surface area contributed by atoms with E-state index in [2.05, 4.69) is 14.8 Å². The van der Waals surface area contributed by atoms with E-state index in [1.54, 1.807) is 0 Å². The van der Waals surface area contributed by atoms with Crippen LogP contribution in [0.4, 0.5) is 0 Å². The molecule has 0 radical (unpaired) electrons. The van der Waals surface area contributed by atoms with Gasteiger partial charge in [-0.05, 0) is 19.3 Å². The van der Waals surface area contributed by atoms with Crippen molar-refractivity contribution in [1.29, 1.82) is 0 Å². The van der Waals surface area contributed by atoms with Gasteiger partial charge in [0.15, 0.2) is 6.67 Å². The van der Waals surface area contributed by atoms with E-state index in [0.717, 1.165) is 6.54 Å². The standard InChI is InChI=1S/C15H27N3O/c1-15(2,3)14(19)16-12-18-11-7-10-17-9-6-4-5-8-13(17)18/h4-12H2,1-3H3/p+1. The summed E-state index contributed by atoms with van der Waals surface area (Å²) >= 11 is 0. The van der Waals surface area contributed by atoms with Gasteiger partial charge in [0.25, 0.3) is 0 Å². The highest BCUT2D eigenvalue weighted by Crippen LogP contribution is 2.15. The first-order valence-electron chi connectivity index (χ1n) is 7.62. The van der Waals surface area contributed by atoms with Crippen molar-refractivity contribution in [3.05, 3.63) is 0 Å². The second-order valence-corrected chi connectivity index (χ2v) is 6.74. The fourth-order valence-corrected chi connectivity index (χ4v) is 2.83. The molecule has 0 aliphatic carbocycles. The van der Waals surface area contributed by atoms with Crippen molar-refractivity contribution in [1.82, 2.24) is 10.2 Å². The molecule has 0 fully saturated rings. The Balaban J connectivity index is 1.97. The van der Waals surface area contributed by atoms with Crippen molar-refractivity contribution in [2.45, 2.75) is 52.9 Å². The molecule has 2 aliphatic rings. The van der Waals surface area contributed by atoms with E-state index < -0.39 is 0 Å². The molecule has 0 aromatic heterocycles. The maximum Gasteiger partial charge on any atom is 0.248 e. The average molecular weight is 266 g/mol. The molecule has 0 aromatic rings. The van der Waals surface area contributed by atoms with Crippen LogP contribution in [0.3, 0.4) is 0 Å². The largest absolute Gasteiger partial charge is 0.320 e. The molecule has 0 saturated carbocycles. The van der Waals surface area contributed by atoms with E-state index in [-0.39, 0.29) is 11.3 Å². The van der Waals surface area contributed by atoms with Gasteiger partial charge in [-0.15, -0.1) is 0 Å². The van der Waals surface area contributed by atoms with Crippen LogP contribution >= 0.6 is 0 Å². The third kappa shape index (κ3) is 3.71. The van der Waals surface area contributed by atoms with Gasteiger partial charge in [-0.2, -0.15) is 0 Å². The van der Waals surface area contributed by atoms with Crippen LogP contribution < -0.4 is 5.32 Å². The molecule has 4 nitrogen and oxygen atoms in total. The zero-order chi connectivity index (χ0) is 13.9. The van der Waals surface area contributed by atoms with Gasteiger partial charge in [-0.3, -0.25) is 9.37 Å². The Morgan fingerprint density at radius 1 is 1.21 bits per heavy atom. The number of hydrogen-bond acceptors (Lipinski definition) is 2. The van der Waals surface area contributed by atoms with Crippen molar-refractivity contribution in [3.8, 4) is 0 Å². The molecule has 0 saturated heterocycles. The summed E-state index contributed by atoms with van der Waals surface area (Å²) in [5.41, 5.74) is -0.302. The normalized spacial score (nSPS) is 20.9.